The van der Waals surface area contributed by atoms with Crippen LogP contribution < -0.4 is 10.2 Å². The van der Waals surface area contributed by atoms with Crippen LogP contribution in [0.5, 0.6) is 0 Å². The van der Waals surface area contributed by atoms with Gasteiger partial charge >= 0.3 is 0 Å². The van der Waals surface area contributed by atoms with Gasteiger partial charge in [-0.15, -0.1) is 11.3 Å². The van der Waals surface area contributed by atoms with Gasteiger partial charge in [0.05, 0.1) is 5.69 Å². The van der Waals surface area contributed by atoms with Crippen molar-refractivity contribution in [3.8, 4) is 0 Å². The smallest absolute Gasteiger partial charge is 0.186 e. The van der Waals surface area contributed by atoms with Gasteiger partial charge in [-0.2, -0.15) is 0 Å². The molecule has 3 nitrogen and oxygen atoms in total. The lowest BCUT2D eigenvalue weighted by Crippen LogP contribution is -2.49. The highest BCUT2D eigenvalue weighted by atomic mass is 32.1. The molecule has 20 heavy (non-hydrogen) atoms. The summed E-state index contributed by atoms with van der Waals surface area (Å²) in [5.74, 6) is 0. The van der Waals surface area contributed by atoms with Crippen LogP contribution in [0.25, 0.3) is 0 Å². The molecule has 2 atom stereocenters. The molecule has 1 aromatic rings. The van der Waals surface area contributed by atoms with E-state index in [-0.39, 0.29) is 0 Å². The van der Waals surface area contributed by atoms with Crippen LogP contribution in [0.2, 0.25) is 0 Å². The van der Waals surface area contributed by atoms with Crippen molar-refractivity contribution in [2.45, 2.75) is 76.4 Å². The molecule has 2 fully saturated rings. The maximum atomic E-state index is 4.97. The molecule has 0 aromatic carbocycles. The van der Waals surface area contributed by atoms with Gasteiger partial charge in [-0.05, 0) is 57.9 Å². The summed E-state index contributed by atoms with van der Waals surface area (Å²) >= 11 is 1.99. The number of hydrogen-bond acceptors (Lipinski definition) is 4. The van der Waals surface area contributed by atoms with Crippen molar-refractivity contribution < 1.29 is 0 Å². The number of hydrogen-bond donors (Lipinski definition) is 1. The molecule has 1 aromatic heterocycles. The number of aromatic nitrogens is 1. The summed E-state index contributed by atoms with van der Waals surface area (Å²) in [5.41, 5.74) is 1.41. The van der Waals surface area contributed by atoms with E-state index in [9.17, 15) is 0 Å². The molecule has 3 aliphatic rings. The topological polar surface area (TPSA) is 28.2 Å². The quantitative estimate of drug-likeness (QED) is 0.924. The first kappa shape index (κ1) is 13.1. The minimum Gasteiger partial charge on any atom is -0.342 e. The second-order valence-electron chi connectivity index (χ2n) is 6.63. The van der Waals surface area contributed by atoms with Crippen molar-refractivity contribution in [3.63, 3.8) is 0 Å². The van der Waals surface area contributed by atoms with Crippen molar-refractivity contribution in [2.75, 3.05) is 11.4 Å². The summed E-state index contributed by atoms with van der Waals surface area (Å²) in [6.45, 7) is 3.43. The number of nitrogens with one attached hydrogen (secondary N) is 1. The number of piperidine rings is 1. The lowest BCUT2D eigenvalue weighted by atomic mass is 9.98. The molecule has 110 valence electrons. The number of fused-ring (bicyclic) bond motifs is 3. The van der Waals surface area contributed by atoms with Gasteiger partial charge in [-0.1, -0.05) is 6.92 Å². The number of anilines is 1. The van der Waals surface area contributed by atoms with E-state index in [0.29, 0.717) is 0 Å². The minimum absolute atomic E-state index is 0.745. The first-order valence-corrected chi connectivity index (χ1v) is 9.17. The van der Waals surface area contributed by atoms with Crippen molar-refractivity contribution in [2.24, 2.45) is 0 Å². The average Bonchev–Trinajstić information content (AvgIpc) is 3.08. The summed E-state index contributed by atoms with van der Waals surface area (Å²) in [5, 5.41) is 5.08. The summed E-state index contributed by atoms with van der Waals surface area (Å²) in [4.78, 5) is 9.23. The summed E-state index contributed by atoms with van der Waals surface area (Å²) < 4.78 is 0. The second-order valence-corrected chi connectivity index (χ2v) is 7.70. The standard InChI is InChI=1S/C16H25N3S/c1-2-8-17-11-9-12-6-7-13(10-11)19(12)16-18-14-4-3-5-15(14)20-16/h11-13,17H,2-10H2,1H3. The van der Waals surface area contributed by atoms with Crippen LogP contribution in [0.15, 0.2) is 0 Å². The average molecular weight is 291 g/mol. The fourth-order valence-electron chi connectivity index (χ4n) is 4.29. The van der Waals surface area contributed by atoms with Crippen molar-refractivity contribution in [3.05, 3.63) is 10.6 Å². The third-order valence-electron chi connectivity index (χ3n) is 5.22. The zero-order chi connectivity index (χ0) is 13.5. The van der Waals surface area contributed by atoms with Gasteiger partial charge in [0.1, 0.15) is 0 Å². The van der Waals surface area contributed by atoms with Gasteiger partial charge in [-0.3, -0.25) is 0 Å². The molecule has 2 saturated heterocycles. The maximum Gasteiger partial charge on any atom is 0.186 e. The predicted molar refractivity (Wildman–Crippen MR) is 84.7 cm³/mol. The van der Waals surface area contributed by atoms with E-state index in [4.69, 9.17) is 4.98 Å². The van der Waals surface area contributed by atoms with Crippen LogP contribution in [-0.2, 0) is 12.8 Å². The van der Waals surface area contributed by atoms with Crippen molar-refractivity contribution in [1.82, 2.24) is 10.3 Å². The van der Waals surface area contributed by atoms with E-state index in [2.05, 4.69) is 17.1 Å². The number of nitrogens with zero attached hydrogens (tertiary/aromatic N) is 2. The molecule has 4 rings (SSSR count). The molecular weight excluding hydrogens is 266 g/mol. The lowest BCUT2D eigenvalue weighted by Gasteiger charge is -2.39. The molecule has 0 radical (unpaired) electrons. The van der Waals surface area contributed by atoms with Gasteiger partial charge in [0, 0.05) is 23.0 Å². The molecule has 0 amide bonds. The van der Waals surface area contributed by atoms with Crippen LogP contribution in [0.1, 0.15) is 56.0 Å². The third kappa shape index (κ3) is 2.17. The number of rotatable bonds is 4. The van der Waals surface area contributed by atoms with E-state index in [1.165, 1.54) is 68.7 Å². The molecule has 2 aliphatic heterocycles. The minimum atomic E-state index is 0.745. The van der Waals surface area contributed by atoms with Gasteiger partial charge < -0.3 is 10.2 Å². The molecule has 3 heterocycles. The molecular formula is C16H25N3S. The van der Waals surface area contributed by atoms with Gasteiger partial charge in [0.15, 0.2) is 5.13 Å². The Morgan fingerprint density at radius 2 is 2.05 bits per heavy atom. The summed E-state index contributed by atoms with van der Waals surface area (Å²) in [7, 11) is 0. The Hall–Kier alpha value is -0.610. The Balaban J connectivity index is 1.50. The van der Waals surface area contributed by atoms with Gasteiger partial charge in [0.25, 0.3) is 0 Å². The Bertz CT molecular complexity index is 449. The fourth-order valence-corrected chi connectivity index (χ4v) is 5.58. The normalized spacial score (nSPS) is 31.9. The van der Waals surface area contributed by atoms with E-state index in [1.54, 1.807) is 4.88 Å². The number of aryl methyl sites for hydroxylation is 2. The Morgan fingerprint density at radius 3 is 2.75 bits per heavy atom. The first-order chi connectivity index (χ1) is 9.85. The van der Waals surface area contributed by atoms with Crippen LogP contribution in [0.3, 0.4) is 0 Å². The van der Waals surface area contributed by atoms with Crippen LogP contribution in [-0.4, -0.2) is 29.7 Å². The molecule has 0 saturated carbocycles. The zero-order valence-electron chi connectivity index (χ0n) is 12.4. The molecule has 2 bridgehead atoms. The van der Waals surface area contributed by atoms with Crippen LogP contribution in [0.4, 0.5) is 5.13 Å². The van der Waals surface area contributed by atoms with Gasteiger partial charge in [0.2, 0.25) is 0 Å². The predicted octanol–water partition coefficient (Wildman–Crippen LogP) is 3.13. The fraction of sp³-hybridized carbons (Fsp3) is 0.812. The second kappa shape index (κ2) is 5.30. The number of thiazole rings is 1. The molecule has 1 N–H and O–H groups in total. The van der Waals surface area contributed by atoms with Crippen molar-refractivity contribution >= 4 is 16.5 Å². The SMILES string of the molecule is CCCNC1CC2CCC(C1)N2c1nc2c(s1)CCC2. The summed E-state index contributed by atoms with van der Waals surface area (Å²) in [6.07, 6.45) is 10.4. The lowest BCUT2D eigenvalue weighted by molar-refractivity contribution is 0.356. The van der Waals surface area contributed by atoms with E-state index in [0.717, 1.165) is 18.1 Å². The third-order valence-corrected chi connectivity index (χ3v) is 6.39. The van der Waals surface area contributed by atoms with E-state index >= 15 is 0 Å². The van der Waals surface area contributed by atoms with Gasteiger partial charge in [-0.25, -0.2) is 4.98 Å². The van der Waals surface area contributed by atoms with Crippen LogP contribution >= 0.6 is 11.3 Å². The van der Waals surface area contributed by atoms with Crippen molar-refractivity contribution in [1.29, 1.82) is 0 Å². The molecule has 1 aliphatic carbocycles. The Kier molecular flexibility index (Phi) is 3.47. The molecule has 0 spiro atoms. The Morgan fingerprint density at radius 1 is 1.25 bits per heavy atom. The monoisotopic (exact) mass is 291 g/mol. The zero-order valence-corrected chi connectivity index (χ0v) is 13.2. The highest BCUT2D eigenvalue weighted by molar-refractivity contribution is 7.15. The maximum absolute atomic E-state index is 4.97. The summed E-state index contributed by atoms with van der Waals surface area (Å²) in [6, 6.07) is 2.24. The van der Waals surface area contributed by atoms with E-state index in [1.807, 2.05) is 11.3 Å². The molecule has 4 heteroatoms. The largest absolute Gasteiger partial charge is 0.342 e. The van der Waals surface area contributed by atoms with E-state index < -0.39 is 0 Å². The first-order valence-electron chi connectivity index (χ1n) is 8.35. The highest BCUT2D eigenvalue weighted by Gasteiger charge is 2.42. The van der Waals surface area contributed by atoms with Crippen LogP contribution in [0, 0.1) is 0 Å². The highest BCUT2D eigenvalue weighted by Crippen LogP contribution is 2.42. The Labute approximate surface area is 125 Å². The molecule has 2 unspecified atom stereocenters.